The summed E-state index contributed by atoms with van der Waals surface area (Å²) < 4.78 is 5.16. The number of aliphatic carboxylic acids is 1. The highest BCUT2D eigenvalue weighted by Crippen LogP contribution is 2.09. The molecule has 0 saturated heterocycles. The number of ether oxygens (including phenoxy) is 1. The molecular weight excluding hydrogens is 256 g/mol. The number of carboxylic acids is 1. The predicted octanol–water partition coefficient (Wildman–Crippen LogP) is 4.32. The third kappa shape index (κ3) is 15.0. The smallest absolute Gasteiger partial charge is 0.305 e. The molecule has 0 aliphatic heterocycles. The largest absolute Gasteiger partial charge is 0.481 e. The number of rotatable bonds is 14. The van der Waals surface area contributed by atoms with Crippen molar-refractivity contribution in [3.63, 3.8) is 0 Å². The lowest BCUT2D eigenvalue weighted by atomic mass is 10.1. The highest BCUT2D eigenvalue weighted by Gasteiger charge is 2.02. The van der Waals surface area contributed by atoms with Crippen molar-refractivity contribution in [1.29, 1.82) is 0 Å². The van der Waals surface area contributed by atoms with Crippen LogP contribution in [0, 0.1) is 0 Å². The van der Waals surface area contributed by atoms with Crippen LogP contribution in [0.5, 0.6) is 0 Å². The summed E-state index contributed by atoms with van der Waals surface area (Å²) in [5.41, 5.74) is 0. The third-order valence-electron chi connectivity index (χ3n) is 3.28. The summed E-state index contributed by atoms with van der Waals surface area (Å²) in [5.74, 6) is -0.793. The topological polar surface area (TPSA) is 63.6 Å². The lowest BCUT2D eigenvalue weighted by Gasteiger charge is -2.04. The van der Waals surface area contributed by atoms with Gasteiger partial charge in [-0.15, -0.1) is 0 Å². The van der Waals surface area contributed by atoms with E-state index in [-0.39, 0.29) is 12.4 Å². The first kappa shape index (κ1) is 18.9. The zero-order valence-corrected chi connectivity index (χ0v) is 12.9. The molecule has 0 aromatic heterocycles. The van der Waals surface area contributed by atoms with E-state index >= 15 is 0 Å². The minimum atomic E-state index is -0.716. The summed E-state index contributed by atoms with van der Waals surface area (Å²) in [6.07, 6.45) is 11.1. The maximum atomic E-state index is 11.4. The highest BCUT2D eigenvalue weighted by atomic mass is 16.5. The zero-order valence-electron chi connectivity index (χ0n) is 12.9. The van der Waals surface area contributed by atoms with Crippen molar-refractivity contribution in [2.24, 2.45) is 0 Å². The van der Waals surface area contributed by atoms with Gasteiger partial charge in [-0.05, 0) is 19.3 Å². The van der Waals surface area contributed by atoms with E-state index in [2.05, 4.69) is 6.92 Å². The van der Waals surface area contributed by atoms with Gasteiger partial charge in [-0.3, -0.25) is 9.59 Å². The van der Waals surface area contributed by atoms with E-state index in [0.29, 0.717) is 13.0 Å². The van der Waals surface area contributed by atoms with E-state index in [4.69, 9.17) is 9.84 Å². The zero-order chi connectivity index (χ0) is 15.1. The molecule has 0 rings (SSSR count). The summed E-state index contributed by atoms with van der Waals surface area (Å²) in [5, 5.41) is 8.48. The van der Waals surface area contributed by atoms with Crippen LogP contribution in [-0.4, -0.2) is 23.7 Å². The molecule has 0 atom stereocenters. The number of carbonyl (C=O) groups is 2. The van der Waals surface area contributed by atoms with Crippen molar-refractivity contribution in [2.45, 2.75) is 84.0 Å². The summed E-state index contributed by atoms with van der Waals surface area (Å²) in [6, 6.07) is 0. The van der Waals surface area contributed by atoms with Crippen LogP contribution in [0.15, 0.2) is 0 Å². The lowest BCUT2D eigenvalue weighted by Crippen LogP contribution is -2.05. The van der Waals surface area contributed by atoms with Gasteiger partial charge in [-0.1, -0.05) is 51.9 Å². The molecule has 0 unspecified atom stereocenters. The quantitative estimate of drug-likeness (QED) is 0.381. The fourth-order valence-corrected chi connectivity index (χ4v) is 2.04. The van der Waals surface area contributed by atoms with Crippen LogP contribution in [0.1, 0.15) is 84.0 Å². The molecule has 0 aliphatic rings. The maximum absolute atomic E-state index is 11.4. The second kappa shape index (κ2) is 14.4. The van der Waals surface area contributed by atoms with Crippen LogP contribution in [0.2, 0.25) is 0 Å². The summed E-state index contributed by atoms with van der Waals surface area (Å²) >= 11 is 0. The monoisotopic (exact) mass is 286 g/mol. The molecule has 0 bridgehead atoms. The van der Waals surface area contributed by atoms with Gasteiger partial charge in [0.1, 0.15) is 0 Å². The summed E-state index contributed by atoms with van der Waals surface area (Å²) in [6.45, 7) is 2.72. The first-order valence-electron chi connectivity index (χ1n) is 8.04. The minimum Gasteiger partial charge on any atom is -0.481 e. The normalized spacial score (nSPS) is 10.4. The van der Waals surface area contributed by atoms with Crippen LogP contribution in [-0.2, 0) is 14.3 Å². The Morgan fingerprint density at radius 3 is 1.95 bits per heavy atom. The molecule has 0 heterocycles. The third-order valence-corrected chi connectivity index (χ3v) is 3.28. The molecule has 20 heavy (non-hydrogen) atoms. The number of carboxylic acid groups (broad SMARTS) is 1. The lowest BCUT2D eigenvalue weighted by molar-refractivity contribution is -0.144. The Hall–Kier alpha value is -1.06. The van der Waals surface area contributed by atoms with E-state index in [1.165, 1.54) is 12.8 Å². The fourth-order valence-electron chi connectivity index (χ4n) is 2.04. The summed E-state index contributed by atoms with van der Waals surface area (Å²) in [7, 11) is 0. The van der Waals surface area contributed by atoms with Gasteiger partial charge < -0.3 is 9.84 Å². The Labute approximate surface area is 122 Å². The van der Waals surface area contributed by atoms with Gasteiger partial charge in [-0.2, -0.15) is 0 Å². The Kier molecular flexibility index (Phi) is 13.6. The molecule has 0 spiro atoms. The molecule has 0 fully saturated rings. The van der Waals surface area contributed by atoms with E-state index in [0.717, 1.165) is 51.4 Å². The second-order valence-corrected chi connectivity index (χ2v) is 5.30. The highest BCUT2D eigenvalue weighted by molar-refractivity contribution is 5.69. The van der Waals surface area contributed by atoms with Crippen LogP contribution in [0.3, 0.4) is 0 Å². The fraction of sp³-hybridized carbons (Fsp3) is 0.875. The number of esters is 1. The second-order valence-electron chi connectivity index (χ2n) is 5.30. The van der Waals surface area contributed by atoms with Gasteiger partial charge >= 0.3 is 11.9 Å². The maximum Gasteiger partial charge on any atom is 0.305 e. The van der Waals surface area contributed by atoms with Crippen LogP contribution in [0.4, 0.5) is 0 Å². The molecule has 0 saturated carbocycles. The number of hydrogen-bond donors (Lipinski definition) is 1. The van der Waals surface area contributed by atoms with Crippen LogP contribution >= 0.6 is 0 Å². The van der Waals surface area contributed by atoms with Crippen LogP contribution < -0.4 is 0 Å². The molecule has 0 amide bonds. The first-order valence-corrected chi connectivity index (χ1v) is 8.04. The minimum absolute atomic E-state index is 0.0765. The van der Waals surface area contributed by atoms with Gasteiger partial charge in [0.25, 0.3) is 0 Å². The summed E-state index contributed by atoms with van der Waals surface area (Å²) in [4.78, 5) is 21.7. The van der Waals surface area contributed by atoms with E-state index in [1.54, 1.807) is 0 Å². The Morgan fingerprint density at radius 2 is 1.35 bits per heavy atom. The average molecular weight is 286 g/mol. The molecule has 0 aromatic carbocycles. The van der Waals surface area contributed by atoms with E-state index in [9.17, 15) is 9.59 Å². The Balaban J connectivity index is 3.17. The molecule has 0 aromatic rings. The van der Waals surface area contributed by atoms with E-state index in [1.807, 2.05) is 0 Å². The van der Waals surface area contributed by atoms with Crippen molar-refractivity contribution >= 4 is 11.9 Å². The number of unbranched alkanes of at least 4 members (excludes halogenated alkanes) is 8. The first-order chi connectivity index (χ1) is 9.66. The van der Waals surface area contributed by atoms with Gasteiger partial charge in [0, 0.05) is 12.8 Å². The molecular formula is C16H30O4. The number of hydrogen-bond acceptors (Lipinski definition) is 3. The SMILES string of the molecule is CCCCCCOC(=O)CCCCCCCCC(=O)O. The van der Waals surface area contributed by atoms with E-state index < -0.39 is 5.97 Å². The van der Waals surface area contributed by atoms with Gasteiger partial charge in [-0.25, -0.2) is 0 Å². The van der Waals surface area contributed by atoms with Gasteiger partial charge in [0.05, 0.1) is 6.61 Å². The van der Waals surface area contributed by atoms with Gasteiger partial charge in [0.15, 0.2) is 0 Å². The molecule has 4 nitrogen and oxygen atoms in total. The van der Waals surface area contributed by atoms with Crippen LogP contribution in [0.25, 0.3) is 0 Å². The Bertz CT molecular complexity index is 251. The average Bonchev–Trinajstić information content (AvgIpc) is 2.41. The number of carbonyl (C=O) groups excluding carboxylic acids is 1. The van der Waals surface area contributed by atoms with Crippen molar-refractivity contribution in [3.05, 3.63) is 0 Å². The van der Waals surface area contributed by atoms with Crippen molar-refractivity contribution in [1.82, 2.24) is 0 Å². The molecule has 4 heteroatoms. The molecule has 0 aliphatic carbocycles. The standard InChI is InChI=1S/C16H30O4/c1-2-3-4-11-14-20-16(19)13-10-8-6-5-7-9-12-15(17)18/h2-14H2,1H3,(H,17,18). The van der Waals surface area contributed by atoms with Gasteiger partial charge in [0.2, 0.25) is 0 Å². The predicted molar refractivity (Wildman–Crippen MR) is 79.7 cm³/mol. The molecule has 118 valence electrons. The Morgan fingerprint density at radius 1 is 0.800 bits per heavy atom. The van der Waals surface area contributed by atoms with Crippen molar-refractivity contribution in [3.8, 4) is 0 Å². The molecule has 0 radical (unpaired) electrons. The van der Waals surface area contributed by atoms with Crippen molar-refractivity contribution < 1.29 is 19.4 Å². The van der Waals surface area contributed by atoms with Crippen molar-refractivity contribution in [2.75, 3.05) is 6.61 Å². The molecule has 1 N–H and O–H groups in total.